The molecule has 0 bridgehead atoms. The molecule has 2 amide bonds. The predicted molar refractivity (Wildman–Crippen MR) is 112 cm³/mol. The molecule has 2 aromatic rings. The lowest BCUT2D eigenvalue weighted by Crippen LogP contribution is -2.31. The van der Waals surface area contributed by atoms with Crippen LogP contribution in [0.25, 0.3) is 0 Å². The topological polar surface area (TPSA) is 102 Å². The number of amides is 2. The van der Waals surface area contributed by atoms with Crippen molar-refractivity contribution >= 4 is 27.5 Å². The zero-order valence-corrected chi connectivity index (χ0v) is 17.9. The van der Waals surface area contributed by atoms with Crippen molar-refractivity contribution in [3.05, 3.63) is 53.6 Å². The molecule has 1 unspecified atom stereocenters. The lowest BCUT2D eigenvalue weighted by Gasteiger charge is -2.16. The van der Waals surface area contributed by atoms with Crippen molar-refractivity contribution in [2.45, 2.75) is 13.3 Å². The molecule has 1 fully saturated rings. The van der Waals surface area contributed by atoms with Gasteiger partial charge in [0.15, 0.2) is 0 Å². The molecule has 3 rings (SSSR count). The molecular weight excluding hydrogens is 408 g/mol. The quantitative estimate of drug-likeness (QED) is 0.718. The molecule has 0 radical (unpaired) electrons. The summed E-state index contributed by atoms with van der Waals surface area (Å²) in [6, 6.07) is 11.5. The Balaban J connectivity index is 1.70. The number of benzene rings is 2. The summed E-state index contributed by atoms with van der Waals surface area (Å²) in [4.78, 5) is 24.8. The Hall–Kier alpha value is -3.07. The molecule has 160 valence electrons. The highest BCUT2D eigenvalue weighted by Gasteiger charge is 2.42. The number of methoxy groups -OCH3 is 2. The maximum Gasteiger partial charge on any atom is 0.251 e. The van der Waals surface area contributed by atoms with Gasteiger partial charge in [0.2, 0.25) is 15.9 Å². The van der Waals surface area contributed by atoms with E-state index in [2.05, 4.69) is 5.32 Å². The lowest BCUT2D eigenvalue weighted by atomic mass is 10.1. The maximum atomic E-state index is 12.6. The highest BCUT2D eigenvalue weighted by molar-refractivity contribution is 7.94. The summed E-state index contributed by atoms with van der Waals surface area (Å²) >= 11 is 0. The number of nitrogens with zero attached hydrogens (tertiary/aromatic N) is 1. The minimum absolute atomic E-state index is 0.173. The van der Waals surface area contributed by atoms with Gasteiger partial charge in [0.25, 0.3) is 5.91 Å². The number of anilines is 1. The second-order valence-electron chi connectivity index (χ2n) is 7.02. The van der Waals surface area contributed by atoms with E-state index in [4.69, 9.17) is 9.47 Å². The molecule has 1 aliphatic rings. The predicted octanol–water partition coefficient (Wildman–Crippen LogP) is 1.99. The van der Waals surface area contributed by atoms with Gasteiger partial charge in [-0.25, -0.2) is 12.7 Å². The van der Waals surface area contributed by atoms with Crippen LogP contribution in [0.3, 0.4) is 0 Å². The molecule has 0 spiro atoms. The van der Waals surface area contributed by atoms with Crippen molar-refractivity contribution in [2.24, 2.45) is 5.92 Å². The van der Waals surface area contributed by atoms with E-state index in [1.165, 1.54) is 12.1 Å². The number of sulfonamides is 1. The summed E-state index contributed by atoms with van der Waals surface area (Å²) in [5.74, 6) is -0.307. The molecule has 9 heteroatoms. The van der Waals surface area contributed by atoms with Gasteiger partial charge < -0.3 is 14.8 Å². The number of hydrogen-bond donors (Lipinski definition) is 1. The van der Waals surface area contributed by atoms with Crippen molar-refractivity contribution in [1.82, 2.24) is 5.32 Å². The fourth-order valence-electron chi connectivity index (χ4n) is 3.35. The average molecular weight is 432 g/mol. The van der Waals surface area contributed by atoms with Crippen molar-refractivity contribution in [1.29, 1.82) is 0 Å². The third-order valence-electron chi connectivity index (χ3n) is 4.87. The zero-order valence-electron chi connectivity index (χ0n) is 17.0. The molecule has 30 heavy (non-hydrogen) atoms. The van der Waals surface area contributed by atoms with Crippen LogP contribution in [0, 0.1) is 5.92 Å². The first kappa shape index (κ1) is 21.6. The van der Waals surface area contributed by atoms with E-state index in [0.717, 1.165) is 9.87 Å². The highest BCUT2D eigenvalue weighted by atomic mass is 32.2. The maximum absolute atomic E-state index is 12.6. The van der Waals surface area contributed by atoms with Crippen LogP contribution >= 0.6 is 0 Å². The summed E-state index contributed by atoms with van der Waals surface area (Å²) in [5.41, 5.74) is 1.33. The van der Waals surface area contributed by atoms with Crippen LogP contribution in [-0.2, 0) is 21.2 Å². The van der Waals surface area contributed by atoms with Crippen molar-refractivity contribution < 1.29 is 27.5 Å². The molecule has 1 N–H and O–H groups in total. The molecule has 0 saturated carbocycles. The molecule has 0 aromatic heterocycles. The van der Waals surface area contributed by atoms with E-state index < -0.39 is 21.8 Å². The number of carbonyl (C=O) groups is 2. The van der Waals surface area contributed by atoms with Gasteiger partial charge in [0.05, 0.1) is 31.6 Å². The molecule has 1 heterocycles. The summed E-state index contributed by atoms with van der Waals surface area (Å²) in [7, 11) is -0.573. The zero-order chi connectivity index (χ0) is 21.9. The van der Waals surface area contributed by atoms with Crippen molar-refractivity contribution in [3.8, 4) is 11.5 Å². The molecule has 1 aliphatic heterocycles. The normalized spacial score (nSPS) is 17.6. The van der Waals surface area contributed by atoms with E-state index in [-0.39, 0.29) is 22.9 Å². The third kappa shape index (κ3) is 4.40. The number of rotatable bonds is 7. The van der Waals surface area contributed by atoms with E-state index >= 15 is 0 Å². The van der Waals surface area contributed by atoms with Crippen molar-refractivity contribution in [3.63, 3.8) is 0 Å². The molecule has 0 aliphatic carbocycles. The summed E-state index contributed by atoms with van der Waals surface area (Å²) in [6.45, 7) is 1.91. The Morgan fingerprint density at radius 2 is 1.93 bits per heavy atom. The second-order valence-corrected chi connectivity index (χ2v) is 8.88. The fraction of sp³-hybridized carbons (Fsp3) is 0.333. The molecule has 2 aromatic carbocycles. The minimum atomic E-state index is -3.72. The molecule has 8 nitrogen and oxygen atoms in total. The Morgan fingerprint density at radius 1 is 1.17 bits per heavy atom. The summed E-state index contributed by atoms with van der Waals surface area (Å²) in [5, 5.41) is 2.81. The highest BCUT2D eigenvalue weighted by Crippen LogP contribution is 2.29. The Kier molecular flexibility index (Phi) is 6.31. The van der Waals surface area contributed by atoms with Crippen LogP contribution in [0.4, 0.5) is 5.69 Å². The largest absolute Gasteiger partial charge is 0.497 e. The number of carbonyl (C=O) groups excluding carboxylic acids is 2. The standard InChI is InChI=1S/C21H24N2O6S/c1-14-13-30(26,27)23(21(14)25)17-6-4-5-16(11-17)20(24)22-10-9-15-12-18(28-2)7-8-19(15)29-3/h4-8,11-12,14H,9-10,13H2,1-3H3,(H,22,24). The minimum Gasteiger partial charge on any atom is -0.497 e. The lowest BCUT2D eigenvalue weighted by molar-refractivity contribution is -0.119. The first-order valence-corrected chi connectivity index (χ1v) is 11.0. The average Bonchev–Trinajstić information content (AvgIpc) is 2.94. The summed E-state index contributed by atoms with van der Waals surface area (Å²) < 4.78 is 35.9. The van der Waals surface area contributed by atoms with Crippen LogP contribution in [0.5, 0.6) is 11.5 Å². The van der Waals surface area contributed by atoms with Crippen LogP contribution in [-0.4, -0.2) is 46.7 Å². The van der Waals surface area contributed by atoms with Gasteiger partial charge in [-0.15, -0.1) is 0 Å². The van der Waals surface area contributed by atoms with E-state index in [9.17, 15) is 18.0 Å². The number of hydrogen-bond acceptors (Lipinski definition) is 6. The van der Waals surface area contributed by atoms with E-state index in [1.807, 2.05) is 6.07 Å². The van der Waals surface area contributed by atoms with Gasteiger partial charge in [-0.2, -0.15) is 0 Å². The smallest absolute Gasteiger partial charge is 0.251 e. The molecule has 1 saturated heterocycles. The first-order valence-electron chi connectivity index (χ1n) is 9.43. The monoisotopic (exact) mass is 432 g/mol. The second kappa shape index (κ2) is 8.74. The van der Waals surface area contributed by atoms with E-state index in [0.29, 0.717) is 24.5 Å². The van der Waals surface area contributed by atoms with Crippen molar-refractivity contribution in [2.75, 3.05) is 30.8 Å². The van der Waals surface area contributed by atoms with E-state index in [1.54, 1.807) is 45.4 Å². The fourth-order valence-corrected chi connectivity index (χ4v) is 5.16. The Labute approximate surface area is 175 Å². The molecular formula is C21H24N2O6S. The van der Waals surface area contributed by atoms with Gasteiger partial charge >= 0.3 is 0 Å². The SMILES string of the molecule is COc1ccc(OC)c(CCNC(=O)c2cccc(N3C(=O)C(C)CS3(=O)=O)c2)c1. The van der Waals surface area contributed by atoms with Crippen LogP contribution in [0.2, 0.25) is 0 Å². The van der Waals surface area contributed by atoms with Gasteiger partial charge in [-0.3, -0.25) is 9.59 Å². The van der Waals surface area contributed by atoms with Crippen LogP contribution in [0.15, 0.2) is 42.5 Å². The summed E-state index contributed by atoms with van der Waals surface area (Å²) in [6.07, 6.45) is 0.516. The van der Waals surface area contributed by atoms with Crippen LogP contribution < -0.4 is 19.1 Å². The molecule has 1 atom stereocenters. The Morgan fingerprint density at radius 3 is 2.57 bits per heavy atom. The Bertz CT molecular complexity index is 1070. The van der Waals surface area contributed by atoms with Gasteiger partial charge in [0, 0.05) is 12.1 Å². The van der Waals surface area contributed by atoms with Crippen LogP contribution in [0.1, 0.15) is 22.8 Å². The van der Waals surface area contributed by atoms with Gasteiger partial charge in [-0.05, 0) is 48.4 Å². The third-order valence-corrected chi connectivity index (χ3v) is 6.74. The first-order chi connectivity index (χ1) is 14.3. The van der Waals surface area contributed by atoms with Gasteiger partial charge in [0.1, 0.15) is 11.5 Å². The van der Waals surface area contributed by atoms with Gasteiger partial charge in [-0.1, -0.05) is 13.0 Å². The number of ether oxygens (including phenoxy) is 2. The number of nitrogens with one attached hydrogen (secondary N) is 1.